The molecule has 0 amide bonds. The normalized spacial score (nSPS) is 11.7. The van der Waals surface area contributed by atoms with Crippen molar-refractivity contribution in [3.8, 4) is 5.75 Å². The van der Waals surface area contributed by atoms with Crippen LogP contribution in [0.2, 0.25) is 0 Å². The molecule has 0 spiro atoms. The highest BCUT2D eigenvalue weighted by molar-refractivity contribution is 5.67. The molecule has 2 aromatic heterocycles. The van der Waals surface area contributed by atoms with Crippen molar-refractivity contribution in [2.75, 3.05) is 11.9 Å². The van der Waals surface area contributed by atoms with Gasteiger partial charge in [-0.05, 0) is 31.5 Å². The van der Waals surface area contributed by atoms with Crippen molar-refractivity contribution in [2.24, 2.45) is 0 Å². The molecule has 3 rings (SSSR count). The van der Waals surface area contributed by atoms with Crippen LogP contribution in [0.3, 0.4) is 0 Å². The molecule has 0 aliphatic carbocycles. The summed E-state index contributed by atoms with van der Waals surface area (Å²) in [5.41, 5.74) is 3.09. The van der Waals surface area contributed by atoms with Crippen LogP contribution in [0, 0.1) is 13.8 Å². The Morgan fingerprint density at radius 2 is 2.00 bits per heavy atom. The number of hydrogen-bond acceptors (Lipinski definition) is 4. The van der Waals surface area contributed by atoms with Crippen LogP contribution in [0.1, 0.15) is 16.8 Å². The smallest absolute Gasteiger partial charge is 0.422 e. The Kier molecular flexibility index (Phi) is 4.52. The number of ether oxygens (including phenoxy) is 1. The van der Waals surface area contributed by atoms with Crippen LogP contribution < -0.4 is 10.1 Å². The molecule has 0 aliphatic rings. The Hall–Kier alpha value is -2.77. The Balaban J connectivity index is 1.80. The van der Waals surface area contributed by atoms with Crippen molar-refractivity contribution >= 4 is 11.3 Å². The maximum Gasteiger partial charge on any atom is 0.422 e. The first kappa shape index (κ1) is 17.1. The van der Waals surface area contributed by atoms with Gasteiger partial charge in [-0.1, -0.05) is 12.1 Å². The number of rotatable bonds is 5. The number of nitrogens with one attached hydrogen (secondary N) is 1. The minimum absolute atomic E-state index is 0.210. The molecule has 25 heavy (non-hydrogen) atoms. The maximum atomic E-state index is 12.4. The largest absolute Gasteiger partial charge is 0.484 e. The maximum absolute atomic E-state index is 12.4. The van der Waals surface area contributed by atoms with Gasteiger partial charge in [-0.3, -0.25) is 0 Å². The van der Waals surface area contributed by atoms with Crippen molar-refractivity contribution in [3.05, 3.63) is 53.5 Å². The summed E-state index contributed by atoms with van der Waals surface area (Å²) in [5, 5.41) is 7.44. The van der Waals surface area contributed by atoms with E-state index in [0.717, 1.165) is 16.8 Å². The van der Waals surface area contributed by atoms with Crippen LogP contribution in [0.4, 0.5) is 19.0 Å². The first-order valence-corrected chi connectivity index (χ1v) is 7.66. The van der Waals surface area contributed by atoms with E-state index in [2.05, 4.69) is 15.4 Å². The number of aromatic nitrogens is 3. The minimum Gasteiger partial charge on any atom is -0.484 e. The molecule has 0 bridgehead atoms. The highest BCUT2D eigenvalue weighted by Crippen LogP contribution is 2.25. The van der Waals surface area contributed by atoms with E-state index in [1.54, 1.807) is 36.0 Å². The fraction of sp³-hybridized carbons (Fsp3) is 0.294. The second-order valence-corrected chi connectivity index (χ2v) is 5.76. The molecule has 0 unspecified atom stereocenters. The molecule has 0 saturated heterocycles. The second kappa shape index (κ2) is 6.62. The summed E-state index contributed by atoms with van der Waals surface area (Å²) in [7, 11) is 0. The Bertz CT molecular complexity index is 889. The van der Waals surface area contributed by atoms with Gasteiger partial charge < -0.3 is 10.1 Å². The van der Waals surface area contributed by atoms with Crippen molar-refractivity contribution in [1.82, 2.24) is 14.6 Å². The predicted molar refractivity (Wildman–Crippen MR) is 87.8 cm³/mol. The van der Waals surface area contributed by atoms with E-state index in [0.29, 0.717) is 11.4 Å². The van der Waals surface area contributed by atoms with E-state index in [-0.39, 0.29) is 12.3 Å². The highest BCUT2D eigenvalue weighted by Gasteiger charge is 2.28. The SMILES string of the molecule is Cc1ccc(CNc2nccn3nc(C)cc23)c(OCC(F)(F)F)c1. The van der Waals surface area contributed by atoms with Gasteiger partial charge in [-0.15, -0.1) is 0 Å². The van der Waals surface area contributed by atoms with E-state index < -0.39 is 12.8 Å². The molecule has 1 N–H and O–H groups in total. The van der Waals surface area contributed by atoms with Crippen LogP contribution in [0.5, 0.6) is 5.75 Å². The fourth-order valence-corrected chi connectivity index (χ4v) is 2.46. The lowest BCUT2D eigenvalue weighted by Gasteiger charge is -2.15. The van der Waals surface area contributed by atoms with E-state index >= 15 is 0 Å². The van der Waals surface area contributed by atoms with Crippen LogP contribution in [-0.4, -0.2) is 27.4 Å². The monoisotopic (exact) mass is 350 g/mol. The van der Waals surface area contributed by atoms with E-state index in [4.69, 9.17) is 4.74 Å². The molecule has 0 saturated carbocycles. The number of hydrogen-bond donors (Lipinski definition) is 1. The summed E-state index contributed by atoms with van der Waals surface area (Å²) in [6, 6.07) is 7.05. The predicted octanol–water partition coefficient (Wildman–Crippen LogP) is 3.90. The van der Waals surface area contributed by atoms with Gasteiger partial charge in [0.2, 0.25) is 0 Å². The highest BCUT2D eigenvalue weighted by atomic mass is 19.4. The summed E-state index contributed by atoms with van der Waals surface area (Å²) >= 11 is 0. The van der Waals surface area contributed by atoms with Gasteiger partial charge in [0.25, 0.3) is 0 Å². The molecule has 0 atom stereocenters. The topological polar surface area (TPSA) is 51.5 Å². The van der Waals surface area contributed by atoms with Crippen molar-refractivity contribution in [1.29, 1.82) is 0 Å². The number of alkyl halides is 3. The third kappa shape index (κ3) is 4.20. The number of aryl methyl sites for hydroxylation is 2. The molecule has 8 heteroatoms. The molecule has 2 heterocycles. The molecule has 1 aromatic carbocycles. The lowest BCUT2D eigenvalue weighted by atomic mass is 10.1. The second-order valence-electron chi connectivity index (χ2n) is 5.76. The van der Waals surface area contributed by atoms with Crippen LogP contribution in [0.25, 0.3) is 5.52 Å². The van der Waals surface area contributed by atoms with Gasteiger partial charge in [0.15, 0.2) is 12.4 Å². The Morgan fingerprint density at radius 1 is 1.20 bits per heavy atom. The molecule has 0 aliphatic heterocycles. The number of anilines is 1. The van der Waals surface area contributed by atoms with Gasteiger partial charge in [0.1, 0.15) is 11.3 Å². The zero-order valence-electron chi connectivity index (χ0n) is 13.8. The minimum atomic E-state index is -4.38. The van der Waals surface area contributed by atoms with Gasteiger partial charge in [-0.2, -0.15) is 18.3 Å². The van der Waals surface area contributed by atoms with Gasteiger partial charge in [0, 0.05) is 24.5 Å². The molecule has 5 nitrogen and oxygen atoms in total. The molecule has 0 radical (unpaired) electrons. The number of nitrogens with zero attached hydrogens (tertiary/aromatic N) is 3. The van der Waals surface area contributed by atoms with Crippen LogP contribution in [0.15, 0.2) is 36.7 Å². The van der Waals surface area contributed by atoms with Crippen molar-refractivity contribution in [2.45, 2.75) is 26.6 Å². The average molecular weight is 350 g/mol. The Morgan fingerprint density at radius 3 is 2.76 bits per heavy atom. The average Bonchev–Trinajstić information content (AvgIpc) is 2.92. The zero-order chi connectivity index (χ0) is 18.0. The molecular weight excluding hydrogens is 333 g/mol. The summed E-state index contributed by atoms with van der Waals surface area (Å²) in [6.07, 6.45) is -1.04. The third-order valence-electron chi connectivity index (χ3n) is 3.57. The number of fused-ring (bicyclic) bond motifs is 1. The van der Waals surface area contributed by atoms with Gasteiger partial charge >= 0.3 is 6.18 Å². The first-order chi connectivity index (χ1) is 11.8. The van der Waals surface area contributed by atoms with E-state index in [9.17, 15) is 13.2 Å². The molecule has 0 fully saturated rings. The standard InChI is InChI=1S/C17H17F3N4O/c1-11-3-4-13(15(7-11)25-10-17(18,19)20)9-22-16-14-8-12(2)23-24(14)6-5-21-16/h3-8H,9-10H2,1-2H3,(H,21,22). The van der Waals surface area contributed by atoms with E-state index in [1.807, 2.05) is 19.1 Å². The van der Waals surface area contributed by atoms with Crippen molar-refractivity contribution in [3.63, 3.8) is 0 Å². The first-order valence-electron chi connectivity index (χ1n) is 7.66. The summed E-state index contributed by atoms with van der Waals surface area (Å²) in [4.78, 5) is 4.27. The quantitative estimate of drug-likeness (QED) is 0.758. The van der Waals surface area contributed by atoms with E-state index in [1.165, 1.54) is 0 Å². The van der Waals surface area contributed by atoms with Gasteiger partial charge in [-0.25, -0.2) is 9.50 Å². The fourth-order valence-electron chi connectivity index (χ4n) is 2.46. The van der Waals surface area contributed by atoms with Crippen LogP contribution >= 0.6 is 0 Å². The Labute approximate surface area is 142 Å². The zero-order valence-corrected chi connectivity index (χ0v) is 13.8. The lowest BCUT2D eigenvalue weighted by Crippen LogP contribution is -2.20. The summed E-state index contributed by atoms with van der Waals surface area (Å²) < 4.78 is 44.0. The molecular formula is C17H17F3N4O. The number of halogens is 3. The lowest BCUT2D eigenvalue weighted by molar-refractivity contribution is -0.153. The summed E-state index contributed by atoms with van der Waals surface area (Å²) in [6.45, 7) is 2.64. The molecule has 3 aromatic rings. The summed E-state index contributed by atoms with van der Waals surface area (Å²) in [5.74, 6) is 0.812. The van der Waals surface area contributed by atoms with Crippen molar-refractivity contribution < 1.29 is 17.9 Å². The van der Waals surface area contributed by atoms with Crippen LogP contribution in [-0.2, 0) is 6.54 Å². The number of benzene rings is 1. The third-order valence-corrected chi connectivity index (χ3v) is 3.57. The molecule has 132 valence electrons. The van der Waals surface area contributed by atoms with Gasteiger partial charge in [0.05, 0.1) is 5.69 Å².